The molecule has 0 bridgehead atoms. The maximum Gasteiger partial charge on any atom is 0.261 e. The molecule has 0 spiro atoms. The molecular formula is C32H26Cl6N4O4. The van der Waals surface area contributed by atoms with Crippen molar-refractivity contribution in [3.63, 3.8) is 0 Å². The van der Waals surface area contributed by atoms with Gasteiger partial charge in [-0.25, -0.2) is 0 Å². The lowest BCUT2D eigenvalue weighted by molar-refractivity contribution is 0.0585. The van der Waals surface area contributed by atoms with Gasteiger partial charge in [-0.05, 0) is 52.5 Å². The van der Waals surface area contributed by atoms with Crippen LogP contribution >= 0.6 is 71.2 Å². The van der Waals surface area contributed by atoms with Crippen molar-refractivity contribution in [3.8, 4) is 0 Å². The van der Waals surface area contributed by atoms with Crippen LogP contribution in [0.3, 0.4) is 0 Å². The SMILES string of the molecule is CN(C)CCN1C(=O)c2cc(Cl)c3c4c(Cl)cc5c6c(cc(Cl)c(c7c(Cl)cc(c2c37)C1=O)c64)C(=O)N(CCN(C)C)C5=O.Cl.Cl. The van der Waals surface area contributed by atoms with Gasteiger partial charge in [0, 0.05) is 89.4 Å². The van der Waals surface area contributed by atoms with Gasteiger partial charge in [0.15, 0.2) is 0 Å². The number of benzene rings is 5. The number of carbonyl (C=O) groups excluding carboxylic acids is 4. The molecule has 0 atom stereocenters. The fraction of sp³-hybridized carbons (Fsp3) is 0.250. The van der Waals surface area contributed by atoms with Gasteiger partial charge in [-0.3, -0.25) is 29.0 Å². The number of amides is 4. The van der Waals surface area contributed by atoms with Gasteiger partial charge < -0.3 is 9.80 Å². The molecule has 0 N–H and O–H groups in total. The van der Waals surface area contributed by atoms with E-state index in [1.54, 1.807) is 24.3 Å². The predicted molar refractivity (Wildman–Crippen MR) is 190 cm³/mol. The van der Waals surface area contributed by atoms with E-state index >= 15 is 0 Å². The number of carbonyl (C=O) groups is 4. The van der Waals surface area contributed by atoms with Crippen LogP contribution < -0.4 is 0 Å². The van der Waals surface area contributed by atoms with E-state index in [0.29, 0.717) is 56.2 Å². The first-order valence-electron chi connectivity index (χ1n) is 13.8. The van der Waals surface area contributed by atoms with Crippen LogP contribution in [-0.2, 0) is 0 Å². The molecule has 0 unspecified atom stereocenters. The minimum absolute atomic E-state index is 0. The first kappa shape index (κ1) is 34.7. The van der Waals surface area contributed by atoms with Crippen LogP contribution in [0.25, 0.3) is 43.1 Å². The van der Waals surface area contributed by atoms with Crippen molar-refractivity contribution >= 4 is 138 Å². The van der Waals surface area contributed by atoms with Crippen LogP contribution in [0, 0.1) is 0 Å². The van der Waals surface area contributed by atoms with Crippen LogP contribution in [0.4, 0.5) is 0 Å². The molecule has 0 saturated heterocycles. The minimum atomic E-state index is -0.465. The molecule has 2 aliphatic heterocycles. The molecule has 240 valence electrons. The van der Waals surface area contributed by atoms with E-state index < -0.39 is 23.6 Å². The largest absolute Gasteiger partial charge is 0.308 e. The second-order valence-electron chi connectivity index (χ2n) is 11.8. The molecule has 0 aliphatic carbocycles. The Morgan fingerprint density at radius 3 is 0.913 bits per heavy atom. The van der Waals surface area contributed by atoms with E-state index in [9.17, 15) is 19.2 Å². The first-order chi connectivity index (χ1) is 20.8. The average Bonchev–Trinajstić information content (AvgIpc) is 2.95. The van der Waals surface area contributed by atoms with Gasteiger partial charge in [-0.15, -0.1) is 24.8 Å². The molecule has 0 fully saturated rings. The molecule has 8 nitrogen and oxygen atoms in total. The third-order valence-electron chi connectivity index (χ3n) is 8.56. The molecule has 0 radical (unpaired) electrons. The second-order valence-corrected chi connectivity index (χ2v) is 13.4. The highest BCUT2D eigenvalue weighted by Crippen LogP contribution is 2.53. The highest BCUT2D eigenvalue weighted by Gasteiger charge is 2.39. The zero-order valence-corrected chi connectivity index (χ0v) is 29.5. The monoisotopic (exact) mass is 740 g/mol. The smallest absolute Gasteiger partial charge is 0.261 e. The highest BCUT2D eigenvalue weighted by molar-refractivity contribution is 6.56. The number of imide groups is 2. The summed E-state index contributed by atoms with van der Waals surface area (Å²) in [6.45, 7) is 1.32. The summed E-state index contributed by atoms with van der Waals surface area (Å²) >= 11 is 28.0. The molecule has 7 rings (SSSR count). The summed E-state index contributed by atoms with van der Waals surface area (Å²) in [5.41, 5.74) is 1.07. The van der Waals surface area contributed by atoms with E-state index in [-0.39, 0.29) is 80.2 Å². The summed E-state index contributed by atoms with van der Waals surface area (Å²) < 4.78 is 0. The third-order valence-corrected chi connectivity index (χ3v) is 9.75. The van der Waals surface area contributed by atoms with Crippen LogP contribution in [0.15, 0.2) is 24.3 Å². The molecule has 2 aliphatic rings. The van der Waals surface area contributed by atoms with Gasteiger partial charge in [0.2, 0.25) is 0 Å². The Balaban J connectivity index is 0.00000208. The van der Waals surface area contributed by atoms with Gasteiger partial charge in [-0.1, -0.05) is 46.4 Å². The van der Waals surface area contributed by atoms with E-state index in [2.05, 4.69) is 0 Å². The topological polar surface area (TPSA) is 81.2 Å². The molecule has 0 saturated carbocycles. The van der Waals surface area contributed by atoms with Gasteiger partial charge in [0.05, 0.1) is 22.3 Å². The maximum absolute atomic E-state index is 13.8. The fourth-order valence-electron chi connectivity index (χ4n) is 6.57. The molecule has 14 heteroatoms. The number of hydrogen-bond acceptors (Lipinski definition) is 6. The Morgan fingerprint density at radius 1 is 0.457 bits per heavy atom. The lowest BCUT2D eigenvalue weighted by Gasteiger charge is -2.32. The Bertz CT molecular complexity index is 1900. The first-order valence-corrected chi connectivity index (χ1v) is 15.3. The molecule has 5 aromatic rings. The third kappa shape index (κ3) is 4.72. The number of hydrogen-bond donors (Lipinski definition) is 0. The van der Waals surface area contributed by atoms with Crippen molar-refractivity contribution in [2.75, 3.05) is 54.4 Å². The Labute approximate surface area is 296 Å². The molecule has 46 heavy (non-hydrogen) atoms. The quantitative estimate of drug-likeness (QED) is 0.102. The zero-order chi connectivity index (χ0) is 31.5. The summed E-state index contributed by atoms with van der Waals surface area (Å²) in [5, 5.41) is 4.44. The lowest BCUT2D eigenvalue weighted by atomic mass is 9.82. The highest BCUT2D eigenvalue weighted by atomic mass is 35.5. The molecule has 0 aromatic heterocycles. The summed E-state index contributed by atoms with van der Waals surface area (Å²) in [4.78, 5) is 61.2. The van der Waals surface area contributed by atoms with Crippen molar-refractivity contribution in [3.05, 3.63) is 66.6 Å². The average molecular weight is 743 g/mol. The van der Waals surface area contributed by atoms with Crippen LogP contribution in [0.1, 0.15) is 41.4 Å². The van der Waals surface area contributed by atoms with Gasteiger partial charge >= 0.3 is 0 Å². The number of likely N-dealkylation sites (N-methyl/N-ethyl adjacent to an activating group) is 2. The number of nitrogens with zero attached hydrogens (tertiary/aromatic N) is 4. The molecule has 2 heterocycles. The zero-order valence-electron chi connectivity index (χ0n) is 24.9. The minimum Gasteiger partial charge on any atom is -0.308 e. The number of fused-ring (bicyclic) bond motifs is 2. The summed E-state index contributed by atoms with van der Waals surface area (Å²) in [6.07, 6.45) is 0. The molecule has 5 aromatic carbocycles. The van der Waals surface area contributed by atoms with E-state index in [1.807, 2.05) is 38.0 Å². The van der Waals surface area contributed by atoms with Gasteiger partial charge in [0.25, 0.3) is 23.6 Å². The van der Waals surface area contributed by atoms with E-state index in [0.717, 1.165) is 0 Å². The molecular weight excluding hydrogens is 717 g/mol. The second kappa shape index (κ2) is 12.1. The predicted octanol–water partition coefficient (Wildman–Crippen LogP) is 7.51. The van der Waals surface area contributed by atoms with Crippen molar-refractivity contribution in [2.45, 2.75) is 0 Å². The summed E-state index contributed by atoms with van der Waals surface area (Å²) in [5.74, 6) is -1.86. The van der Waals surface area contributed by atoms with Crippen molar-refractivity contribution in [1.82, 2.24) is 19.6 Å². The lowest BCUT2D eigenvalue weighted by Crippen LogP contribution is -2.43. The Morgan fingerprint density at radius 2 is 0.696 bits per heavy atom. The van der Waals surface area contributed by atoms with E-state index in [1.165, 1.54) is 9.80 Å². The standard InChI is InChI=1S/C32H24Cl4N4O4.2ClH/c1-37(2)5-7-39-29(41)13-9-17(33)23-25-19(35)11-15-22-16(32(44)40(31(15)43)8-6-38(3)4)12-20(36)26(28(22)25)24-18(34)10-14(30(39)42)21(13)27(23)24;;/h9-12H,5-8H2,1-4H3;2*1H. The normalized spacial score (nSPS) is 14.6. The Kier molecular flexibility index (Phi) is 9.12. The van der Waals surface area contributed by atoms with Gasteiger partial charge in [0.1, 0.15) is 0 Å². The van der Waals surface area contributed by atoms with Crippen LogP contribution in [-0.4, -0.2) is 97.6 Å². The fourth-order valence-corrected chi connectivity index (χ4v) is 7.76. The van der Waals surface area contributed by atoms with Crippen LogP contribution in [0.5, 0.6) is 0 Å². The van der Waals surface area contributed by atoms with Crippen molar-refractivity contribution < 1.29 is 19.2 Å². The van der Waals surface area contributed by atoms with E-state index in [4.69, 9.17) is 46.4 Å². The Hall–Kier alpha value is -2.66. The van der Waals surface area contributed by atoms with Crippen LogP contribution in [0.2, 0.25) is 20.1 Å². The number of rotatable bonds is 6. The molecule has 4 amide bonds. The van der Waals surface area contributed by atoms with Crippen molar-refractivity contribution in [2.24, 2.45) is 0 Å². The number of halogens is 6. The van der Waals surface area contributed by atoms with Crippen molar-refractivity contribution in [1.29, 1.82) is 0 Å². The van der Waals surface area contributed by atoms with Gasteiger partial charge in [-0.2, -0.15) is 0 Å². The summed E-state index contributed by atoms with van der Waals surface area (Å²) in [7, 11) is 7.43. The summed E-state index contributed by atoms with van der Waals surface area (Å²) in [6, 6.07) is 6.20. The maximum atomic E-state index is 13.8.